The number of carbonyl (C=O) groups is 1. The van der Waals surface area contributed by atoms with Gasteiger partial charge in [0.1, 0.15) is 5.75 Å². The lowest BCUT2D eigenvalue weighted by molar-refractivity contribution is -0.127. The summed E-state index contributed by atoms with van der Waals surface area (Å²) in [6.45, 7) is 9.31. The lowest BCUT2D eigenvalue weighted by atomic mass is 10.2. The smallest absolute Gasteiger partial charge is 0.260 e. The highest BCUT2D eigenvalue weighted by Crippen LogP contribution is 2.26. The zero-order valence-corrected chi connectivity index (χ0v) is 14.1. The standard InChI is InChI=1S/C15H23BrN2O2/c1-5-17-11(3)9-18-15(19)12(4)20-14-7-6-10(2)8-13(14)16/h6-8,11-12,17H,5,9H2,1-4H3,(H,18,19)/t11-,12?/m1/s1. The normalized spacial score (nSPS) is 13.7. The van der Waals surface area contributed by atoms with E-state index in [9.17, 15) is 4.79 Å². The van der Waals surface area contributed by atoms with Gasteiger partial charge in [0, 0.05) is 12.6 Å². The minimum absolute atomic E-state index is 0.109. The Morgan fingerprint density at radius 1 is 1.40 bits per heavy atom. The van der Waals surface area contributed by atoms with Crippen molar-refractivity contribution < 1.29 is 9.53 Å². The van der Waals surface area contributed by atoms with E-state index in [1.165, 1.54) is 0 Å². The number of carbonyl (C=O) groups excluding carboxylic acids is 1. The van der Waals surface area contributed by atoms with Crippen LogP contribution in [0.2, 0.25) is 0 Å². The minimum Gasteiger partial charge on any atom is -0.480 e. The van der Waals surface area contributed by atoms with E-state index >= 15 is 0 Å². The van der Waals surface area contributed by atoms with Crippen LogP contribution in [0.3, 0.4) is 0 Å². The highest BCUT2D eigenvalue weighted by molar-refractivity contribution is 9.10. The van der Waals surface area contributed by atoms with Crippen molar-refractivity contribution in [1.29, 1.82) is 0 Å². The fourth-order valence-electron chi connectivity index (χ4n) is 1.76. The van der Waals surface area contributed by atoms with Crippen molar-refractivity contribution in [1.82, 2.24) is 10.6 Å². The lowest BCUT2D eigenvalue weighted by Crippen LogP contribution is -2.43. The summed E-state index contributed by atoms with van der Waals surface area (Å²) in [6, 6.07) is 6.04. The number of ether oxygens (including phenoxy) is 1. The number of aryl methyl sites for hydroxylation is 1. The molecule has 0 heterocycles. The summed E-state index contributed by atoms with van der Waals surface area (Å²) in [6.07, 6.45) is -0.525. The molecule has 0 aromatic heterocycles. The number of rotatable bonds is 7. The Balaban J connectivity index is 2.49. The van der Waals surface area contributed by atoms with Crippen molar-refractivity contribution in [3.63, 3.8) is 0 Å². The fourth-order valence-corrected chi connectivity index (χ4v) is 2.35. The predicted octanol–water partition coefficient (Wildman–Crippen LogP) is 2.64. The van der Waals surface area contributed by atoms with Crippen LogP contribution in [0.1, 0.15) is 26.3 Å². The van der Waals surface area contributed by atoms with Gasteiger partial charge >= 0.3 is 0 Å². The molecule has 1 aromatic carbocycles. The molecule has 1 amide bonds. The van der Waals surface area contributed by atoms with Crippen LogP contribution in [0.25, 0.3) is 0 Å². The molecule has 20 heavy (non-hydrogen) atoms. The number of halogens is 1. The predicted molar refractivity (Wildman–Crippen MR) is 85.1 cm³/mol. The fraction of sp³-hybridized carbons (Fsp3) is 0.533. The SMILES string of the molecule is CCN[C@H](C)CNC(=O)C(C)Oc1ccc(C)cc1Br. The molecular weight excluding hydrogens is 320 g/mol. The highest BCUT2D eigenvalue weighted by atomic mass is 79.9. The number of benzene rings is 1. The summed E-state index contributed by atoms with van der Waals surface area (Å²) in [5.41, 5.74) is 1.14. The van der Waals surface area contributed by atoms with Gasteiger partial charge in [-0.05, 0) is 60.9 Å². The Bertz CT molecular complexity index is 451. The molecule has 0 spiro atoms. The molecule has 0 radical (unpaired) electrons. The first-order chi connectivity index (χ1) is 9.43. The van der Waals surface area contributed by atoms with Crippen LogP contribution in [-0.4, -0.2) is 31.1 Å². The molecule has 0 bridgehead atoms. The Hall–Kier alpha value is -1.07. The van der Waals surface area contributed by atoms with Crippen LogP contribution in [0.15, 0.2) is 22.7 Å². The second-order valence-corrected chi connectivity index (χ2v) is 5.75. The monoisotopic (exact) mass is 342 g/mol. The zero-order valence-electron chi connectivity index (χ0n) is 12.5. The van der Waals surface area contributed by atoms with Crippen molar-refractivity contribution in [3.05, 3.63) is 28.2 Å². The molecule has 0 aliphatic carbocycles. The average Bonchev–Trinajstić information content (AvgIpc) is 2.39. The van der Waals surface area contributed by atoms with Crippen molar-refractivity contribution in [2.45, 2.75) is 39.8 Å². The lowest BCUT2D eigenvalue weighted by Gasteiger charge is -2.18. The van der Waals surface area contributed by atoms with E-state index in [0.717, 1.165) is 16.6 Å². The van der Waals surface area contributed by atoms with E-state index in [2.05, 4.69) is 26.6 Å². The zero-order chi connectivity index (χ0) is 15.1. The highest BCUT2D eigenvalue weighted by Gasteiger charge is 2.16. The van der Waals surface area contributed by atoms with E-state index < -0.39 is 6.10 Å². The first kappa shape index (κ1) is 17.0. The minimum atomic E-state index is -0.525. The molecule has 2 N–H and O–H groups in total. The number of nitrogens with one attached hydrogen (secondary N) is 2. The Labute approximate surface area is 129 Å². The summed E-state index contributed by atoms with van der Waals surface area (Å²) < 4.78 is 6.53. The first-order valence-corrected chi connectivity index (χ1v) is 7.67. The van der Waals surface area contributed by atoms with E-state index in [-0.39, 0.29) is 11.9 Å². The second kappa shape index (κ2) is 8.27. The number of likely N-dealkylation sites (N-methyl/N-ethyl adjacent to an activating group) is 1. The average molecular weight is 343 g/mol. The quantitative estimate of drug-likeness (QED) is 0.800. The van der Waals surface area contributed by atoms with Crippen LogP contribution in [-0.2, 0) is 4.79 Å². The van der Waals surface area contributed by atoms with Crippen molar-refractivity contribution in [2.75, 3.05) is 13.1 Å². The molecule has 4 nitrogen and oxygen atoms in total. The van der Waals surface area contributed by atoms with Crippen LogP contribution in [0.4, 0.5) is 0 Å². The number of hydrogen-bond donors (Lipinski definition) is 2. The number of amides is 1. The molecule has 112 valence electrons. The second-order valence-electron chi connectivity index (χ2n) is 4.90. The van der Waals surface area contributed by atoms with E-state index in [1.54, 1.807) is 6.92 Å². The molecule has 0 saturated heterocycles. The molecule has 0 saturated carbocycles. The van der Waals surface area contributed by atoms with Gasteiger partial charge in [-0.25, -0.2) is 0 Å². The Morgan fingerprint density at radius 2 is 2.10 bits per heavy atom. The van der Waals surface area contributed by atoms with Gasteiger partial charge in [0.2, 0.25) is 0 Å². The van der Waals surface area contributed by atoms with Gasteiger partial charge in [0.05, 0.1) is 4.47 Å². The molecule has 1 rings (SSSR count). The molecule has 2 atom stereocenters. The third kappa shape index (κ3) is 5.51. The maximum atomic E-state index is 12.0. The molecule has 0 aliphatic rings. The topological polar surface area (TPSA) is 50.4 Å². The van der Waals surface area contributed by atoms with E-state index in [4.69, 9.17) is 4.74 Å². The first-order valence-electron chi connectivity index (χ1n) is 6.88. The molecule has 0 aliphatic heterocycles. The van der Waals surface area contributed by atoms with Crippen molar-refractivity contribution >= 4 is 21.8 Å². The third-order valence-corrected chi connectivity index (χ3v) is 3.52. The van der Waals surface area contributed by atoms with E-state index in [0.29, 0.717) is 12.3 Å². The summed E-state index contributed by atoms with van der Waals surface area (Å²) in [7, 11) is 0. The molecule has 1 aromatic rings. The summed E-state index contributed by atoms with van der Waals surface area (Å²) >= 11 is 3.44. The largest absolute Gasteiger partial charge is 0.480 e. The molecular formula is C15H23BrN2O2. The van der Waals surface area contributed by atoms with Gasteiger partial charge in [-0.1, -0.05) is 13.0 Å². The number of hydrogen-bond acceptors (Lipinski definition) is 3. The van der Waals surface area contributed by atoms with Crippen molar-refractivity contribution in [3.8, 4) is 5.75 Å². The van der Waals surface area contributed by atoms with Crippen LogP contribution < -0.4 is 15.4 Å². The maximum absolute atomic E-state index is 12.0. The van der Waals surface area contributed by atoms with Crippen LogP contribution in [0.5, 0.6) is 5.75 Å². The van der Waals surface area contributed by atoms with Gasteiger partial charge in [-0.2, -0.15) is 0 Å². The Kier molecular flexibility index (Phi) is 7.02. The summed E-state index contributed by atoms with van der Waals surface area (Å²) in [5.74, 6) is 0.570. The van der Waals surface area contributed by atoms with Gasteiger partial charge in [0.15, 0.2) is 6.10 Å². The van der Waals surface area contributed by atoms with E-state index in [1.807, 2.05) is 39.0 Å². The molecule has 0 fully saturated rings. The molecule has 5 heteroatoms. The molecule has 1 unspecified atom stereocenters. The van der Waals surface area contributed by atoms with Gasteiger partial charge < -0.3 is 15.4 Å². The van der Waals surface area contributed by atoms with Crippen LogP contribution >= 0.6 is 15.9 Å². The van der Waals surface area contributed by atoms with Gasteiger partial charge in [-0.3, -0.25) is 4.79 Å². The van der Waals surface area contributed by atoms with Crippen molar-refractivity contribution in [2.24, 2.45) is 0 Å². The summed E-state index contributed by atoms with van der Waals surface area (Å²) in [4.78, 5) is 12.0. The van der Waals surface area contributed by atoms with Crippen LogP contribution in [0, 0.1) is 6.92 Å². The van der Waals surface area contributed by atoms with Gasteiger partial charge in [-0.15, -0.1) is 0 Å². The third-order valence-electron chi connectivity index (χ3n) is 2.90. The van der Waals surface area contributed by atoms with Gasteiger partial charge in [0.25, 0.3) is 5.91 Å². The summed E-state index contributed by atoms with van der Waals surface area (Å²) in [5, 5.41) is 6.12. The Morgan fingerprint density at radius 3 is 2.70 bits per heavy atom. The maximum Gasteiger partial charge on any atom is 0.260 e.